The molecule has 1 saturated carbocycles. The van der Waals surface area contributed by atoms with Gasteiger partial charge in [-0.2, -0.15) is 0 Å². The first-order valence-electron chi connectivity index (χ1n) is 14.5. The summed E-state index contributed by atoms with van der Waals surface area (Å²) < 4.78 is 0. The van der Waals surface area contributed by atoms with Crippen LogP contribution in [-0.4, -0.2) is 33.6 Å². The molecular formula is C34H35N4O3S. The predicted octanol–water partition coefficient (Wildman–Crippen LogP) is 6.45. The average molecular weight is 580 g/mol. The lowest BCUT2D eigenvalue weighted by molar-refractivity contribution is -0.118. The molecule has 42 heavy (non-hydrogen) atoms. The summed E-state index contributed by atoms with van der Waals surface area (Å²) in [7, 11) is 0. The Hall–Kier alpha value is -4.17. The third-order valence-electron chi connectivity index (χ3n) is 7.72. The van der Waals surface area contributed by atoms with Gasteiger partial charge >= 0.3 is 0 Å². The molecule has 0 spiro atoms. The molecule has 4 aromatic rings. The molecular weight excluding hydrogens is 544 g/mol. The summed E-state index contributed by atoms with van der Waals surface area (Å²) in [5.74, 6) is -0.501. The first kappa shape index (κ1) is 29.3. The summed E-state index contributed by atoms with van der Waals surface area (Å²) >= 11 is 1.25. The molecule has 1 radical (unpaired) electrons. The Morgan fingerprint density at radius 1 is 0.952 bits per heavy atom. The highest BCUT2D eigenvalue weighted by molar-refractivity contribution is 7.17. The van der Waals surface area contributed by atoms with Gasteiger partial charge in [0.2, 0.25) is 5.91 Å². The van der Waals surface area contributed by atoms with Crippen LogP contribution in [0.25, 0.3) is 21.8 Å². The van der Waals surface area contributed by atoms with Crippen LogP contribution in [0.1, 0.15) is 70.7 Å². The second kappa shape index (κ2) is 14.1. The number of nitrogens with zero attached hydrogens (tertiary/aromatic N) is 2. The maximum absolute atomic E-state index is 14.3. The summed E-state index contributed by atoms with van der Waals surface area (Å²) in [6, 6.07) is 22.1. The highest BCUT2D eigenvalue weighted by atomic mass is 32.1. The van der Waals surface area contributed by atoms with Crippen molar-refractivity contribution in [1.82, 2.24) is 15.3 Å². The Labute approximate surface area is 250 Å². The van der Waals surface area contributed by atoms with E-state index in [2.05, 4.69) is 10.3 Å². The van der Waals surface area contributed by atoms with Crippen LogP contribution in [0.3, 0.4) is 0 Å². The Balaban J connectivity index is 1.44. The Morgan fingerprint density at radius 2 is 1.67 bits per heavy atom. The van der Waals surface area contributed by atoms with Crippen LogP contribution in [0.15, 0.2) is 79.0 Å². The molecule has 8 heteroatoms. The normalized spacial score (nSPS) is 14.3. The number of nitrogens with two attached hydrogens (primary N) is 1. The maximum atomic E-state index is 14.3. The molecule has 7 nitrogen and oxygen atoms in total. The molecule has 215 valence electrons. The monoisotopic (exact) mass is 579 g/mol. The predicted molar refractivity (Wildman–Crippen MR) is 166 cm³/mol. The molecule has 2 aromatic carbocycles. The largest absolute Gasteiger partial charge is 0.364 e. The number of benzene rings is 2. The molecule has 1 unspecified atom stereocenters. The standard InChI is InChI=1S/C34H35N4O3S/c35-33(41)28-22-26(20-21-36-28)34-38-30(25-14-8-3-9-15-25)32(42-34)31(40)27(18-16-23-10-4-1-5-11-23)37-29(39)19-17-24-12-6-2-7-13-24/h1,3-5,8-11,14-15,19-22,24,27H,2,6-7,12-13,16-18H2,(H2,35,41)(H,37,39). The molecule has 0 aliphatic heterocycles. The molecule has 3 N–H and O–H groups in total. The number of primary amides is 1. The number of aromatic nitrogens is 2. The Kier molecular flexibility index (Phi) is 9.87. The van der Waals surface area contributed by atoms with E-state index in [1.54, 1.807) is 18.6 Å². The number of carbonyl (C=O) groups excluding carboxylic acids is 3. The Bertz CT molecular complexity index is 1510. The van der Waals surface area contributed by atoms with Crippen LogP contribution in [0.2, 0.25) is 0 Å². The fourth-order valence-electron chi connectivity index (χ4n) is 5.41. The lowest BCUT2D eigenvalue weighted by Crippen LogP contribution is -2.41. The molecule has 1 aliphatic carbocycles. The molecule has 1 fully saturated rings. The molecule has 2 amide bonds. The zero-order chi connectivity index (χ0) is 29.3. The molecule has 5 rings (SSSR count). The average Bonchev–Trinajstić information content (AvgIpc) is 3.49. The number of nitrogens with one attached hydrogen (secondary N) is 1. The highest BCUT2D eigenvalue weighted by Gasteiger charge is 2.29. The van der Waals surface area contributed by atoms with Gasteiger partial charge in [0.15, 0.2) is 5.78 Å². The van der Waals surface area contributed by atoms with Crippen LogP contribution in [0, 0.1) is 12.3 Å². The third-order valence-corrected chi connectivity index (χ3v) is 8.84. The second-order valence-corrected chi connectivity index (χ2v) is 11.7. The minimum Gasteiger partial charge on any atom is -0.364 e. The van der Waals surface area contributed by atoms with Gasteiger partial charge in [0, 0.05) is 23.7 Å². The second-order valence-electron chi connectivity index (χ2n) is 10.8. The van der Waals surface area contributed by atoms with Gasteiger partial charge in [-0.05, 0) is 42.9 Å². The molecule has 0 bridgehead atoms. The van der Waals surface area contributed by atoms with Gasteiger partial charge in [-0.25, -0.2) is 4.98 Å². The number of amides is 2. The molecule has 1 aliphatic rings. The van der Waals surface area contributed by atoms with Gasteiger partial charge in [0.25, 0.3) is 5.91 Å². The summed E-state index contributed by atoms with van der Waals surface area (Å²) in [6.45, 7) is 0. The first-order chi connectivity index (χ1) is 20.5. The van der Waals surface area contributed by atoms with Gasteiger partial charge in [0.05, 0.1) is 11.7 Å². The van der Waals surface area contributed by atoms with Crippen molar-refractivity contribution in [1.29, 1.82) is 0 Å². The smallest absolute Gasteiger partial charge is 0.267 e. The lowest BCUT2D eigenvalue weighted by Gasteiger charge is -2.22. The van der Waals surface area contributed by atoms with E-state index >= 15 is 0 Å². The van der Waals surface area contributed by atoms with Crippen molar-refractivity contribution >= 4 is 28.9 Å². The van der Waals surface area contributed by atoms with Crippen molar-refractivity contribution in [2.24, 2.45) is 11.7 Å². The summed E-state index contributed by atoms with van der Waals surface area (Å²) in [5, 5.41) is 3.61. The number of thiazole rings is 1. The zero-order valence-corrected chi connectivity index (χ0v) is 24.3. The van der Waals surface area contributed by atoms with Gasteiger partial charge < -0.3 is 11.1 Å². The van der Waals surface area contributed by atoms with E-state index in [0.29, 0.717) is 39.9 Å². The summed E-state index contributed by atoms with van der Waals surface area (Å²) in [6.07, 6.45) is 11.0. The van der Waals surface area contributed by atoms with Crippen LogP contribution in [0.4, 0.5) is 0 Å². The Morgan fingerprint density at radius 3 is 2.38 bits per heavy atom. The maximum Gasteiger partial charge on any atom is 0.267 e. The van der Waals surface area contributed by atoms with Gasteiger partial charge in [-0.3, -0.25) is 19.4 Å². The SMILES string of the molecule is NC(=O)c1cc(-c2nc(-c3ccccc3)c(C(=O)C(CCc3ccccc3)NC(=O)[CH]CC3CCCCC3)s2)ccn1. The van der Waals surface area contributed by atoms with E-state index in [1.807, 2.05) is 60.7 Å². The topological polar surface area (TPSA) is 115 Å². The van der Waals surface area contributed by atoms with Crippen LogP contribution >= 0.6 is 11.3 Å². The zero-order valence-electron chi connectivity index (χ0n) is 23.5. The van der Waals surface area contributed by atoms with Crippen molar-refractivity contribution in [3.63, 3.8) is 0 Å². The van der Waals surface area contributed by atoms with Crippen molar-refractivity contribution in [3.05, 3.63) is 102 Å². The van der Waals surface area contributed by atoms with E-state index in [-0.39, 0.29) is 17.4 Å². The lowest BCUT2D eigenvalue weighted by atomic mass is 9.86. The summed E-state index contributed by atoms with van der Waals surface area (Å²) in [5.41, 5.74) is 8.66. The number of hydrogen-bond donors (Lipinski definition) is 2. The van der Waals surface area contributed by atoms with Crippen molar-refractivity contribution in [2.75, 3.05) is 0 Å². The van der Waals surface area contributed by atoms with Crippen LogP contribution in [0.5, 0.6) is 0 Å². The van der Waals surface area contributed by atoms with Crippen LogP contribution in [-0.2, 0) is 11.2 Å². The molecule has 1 atom stereocenters. The van der Waals surface area contributed by atoms with Crippen LogP contribution < -0.4 is 11.1 Å². The van der Waals surface area contributed by atoms with Crippen molar-refractivity contribution in [3.8, 4) is 21.8 Å². The van der Waals surface area contributed by atoms with E-state index in [1.165, 1.54) is 36.8 Å². The molecule has 2 aromatic heterocycles. The number of pyridine rings is 1. The van der Waals surface area contributed by atoms with Crippen molar-refractivity contribution in [2.45, 2.75) is 57.4 Å². The van der Waals surface area contributed by atoms with E-state index in [4.69, 9.17) is 10.7 Å². The highest BCUT2D eigenvalue weighted by Crippen LogP contribution is 2.35. The number of carbonyl (C=O) groups is 3. The van der Waals surface area contributed by atoms with Crippen molar-refractivity contribution < 1.29 is 14.4 Å². The third kappa shape index (κ3) is 7.56. The molecule has 2 heterocycles. The quantitative estimate of drug-likeness (QED) is 0.187. The van der Waals surface area contributed by atoms with Gasteiger partial charge in [-0.15, -0.1) is 11.3 Å². The van der Waals surface area contributed by atoms with Gasteiger partial charge in [-0.1, -0.05) is 92.8 Å². The number of hydrogen-bond acceptors (Lipinski definition) is 6. The number of rotatable bonds is 12. The first-order valence-corrected chi connectivity index (χ1v) is 15.3. The van der Waals surface area contributed by atoms with E-state index < -0.39 is 11.9 Å². The number of ketones is 1. The molecule has 0 saturated heterocycles. The fourth-order valence-corrected chi connectivity index (χ4v) is 6.49. The number of aryl methyl sites for hydroxylation is 1. The fraction of sp³-hybridized carbons (Fsp3) is 0.294. The minimum absolute atomic E-state index is 0.123. The summed E-state index contributed by atoms with van der Waals surface area (Å²) in [4.78, 5) is 48.5. The van der Waals surface area contributed by atoms with E-state index in [9.17, 15) is 14.4 Å². The minimum atomic E-state index is -0.727. The van der Waals surface area contributed by atoms with E-state index in [0.717, 1.165) is 30.4 Å². The number of Topliss-reactive ketones (excluding diaryl/α,β-unsaturated/α-hetero) is 1. The van der Waals surface area contributed by atoms with Gasteiger partial charge in [0.1, 0.15) is 15.6 Å².